The van der Waals surface area contributed by atoms with Gasteiger partial charge in [-0.3, -0.25) is 9.59 Å². The van der Waals surface area contributed by atoms with Crippen LogP contribution in [0.1, 0.15) is 55.8 Å². The molecule has 1 aliphatic rings. The zero-order valence-corrected chi connectivity index (χ0v) is 20.3. The highest BCUT2D eigenvalue weighted by molar-refractivity contribution is 6.46. The molecule has 1 amide bonds. The topological polar surface area (TPSA) is 84.7 Å². The maximum Gasteiger partial charge on any atom is 0.295 e. The third-order valence-corrected chi connectivity index (χ3v) is 6.25. The van der Waals surface area contributed by atoms with E-state index in [1.807, 2.05) is 42.0 Å². The predicted octanol–water partition coefficient (Wildman–Crippen LogP) is 4.92. The molecule has 1 unspecified atom stereocenters. The molecule has 7 heteroatoms. The third-order valence-electron chi connectivity index (χ3n) is 6.25. The summed E-state index contributed by atoms with van der Waals surface area (Å²) in [6.07, 6.45) is 5.94. The van der Waals surface area contributed by atoms with Crippen LogP contribution in [0, 0.1) is 0 Å². The molecule has 7 nitrogen and oxygen atoms in total. The summed E-state index contributed by atoms with van der Waals surface area (Å²) in [6.45, 7) is 7.62. The molecule has 4 rings (SSSR count). The van der Waals surface area contributed by atoms with Crippen molar-refractivity contribution in [1.29, 1.82) is 0 Å². The summed E-state index contributed by atoms with van der Waals surface area (Å²) >= 11 is 0. The number of amides is 1. The van der Waals surface area contributed by atoms with Crippen molar-refractivity contribution in [2.45, 2.75) is 45.7 Å². The van der Waals surface area contributed by atoms with Gasteiger partial charge in [-0.2, -0.15) is 0 Å². The van der Waals surface area contributed by atoms with Gasteiger partial charge in [-0.1, -0.05) is 50.2 Å². The van der Waals surface area contributed by atoms with Crippen LogP contribution >= 0.6 is 0 Å². The van der Waals surface area contributed by atoms with Gasteiger partial charge >= 0.3 is 0 Å². The molecule has 182 valence electrons. The number of aliphatic hydroxyl groups is 1. The van der Waals surface area contributed by atoms with E-state index in [0.29, 0.717) is 43.3 Å². The highest BCUT2D eigenvalue weighted by Gasteiger charge is 2.45. The van der Waals surface area contributed by atoms with E-state index in [9.17, 15) is 14.7 Å². The summed E-state index contributed by atoms with van der Waals surface area (Å²) in [5, 5.41) is 11.3. The number of ketones is 1. The third kappa shape index (κ3) is 5.14. The molecule has 2 aromatic carbocycles. The Hall–Kier alpha value is -3.87. The van der Waals surface area contributed by atoms with Crippen molar-refractivity contribution in [2.24, 2.45) is 0 Å². The van der Waals surface area contributed by atoms with Gasteiger partial charge in [0.05, 0.1) is 24.5 Å². The molecule has 1 aromatic heterocycles. The van der Waals surface area contributed by atoms with Crippen LogP contribution in [0.3, 0.4) is 0 Å². The van der Waals surface area contributed by atoms with Crippen LogP contribution in [-0.4, -0.2) is 44.4 Å². The number of rotatable bonds is 9. The number of Topliss-reactive ketones (excluding diaryl/α,β-unsaturated/α-hetero) is 1. The van der Waals surface area contributed by atoms with E-state index in [4.69, 9.17) is 4.74 Å². The molecule has 1 saturated heterocycles. The van der Waals surface area contributed by atoms with E-state index < -0.39 is 17.7 Å². The largest absolute Gasteiger partial charge is 0.507 e. The first-order valence-corrected chi connectivity index (χ1v) is 12.0. The van der Waals surface area contributed by atoms with E-state index in [0.717, 1.165) is 11.1 Å². The molecule has 0 saturated carbocycles. The second-order valence-electron chi connectivity index (χ2n) is 8.93. The SMILES string of the molecule is CCOc1cccc(/C(O)=C2\C(=O)C(=O)N(CCCn3ccnc3)C2c2ccc(C(C)C)cc2)c1. The molecule has 35 heavy (non-hydrogen) atoms. The zero-order chi connectivity index (χ0) is 24.9. The monoisotopic (exact) mass is 473 g/mol. The van der Waals surface area contributed by atoms with Crippen LogP contribution in [0.15, 0.2) is 72.8 Å². The van der Waals surface area contributed by atoms with Crippen molar-refractivity contribution in [3.05, 3.63) is 89.5 Å². The van der Waals surface area contributed by atoms with Crippen LogP contribution < -0.4 is 4.74 Å². The number of carbonyl (C=O) groups is 2. The Bertz CT molecular complexity index is 1210. The van der Waals surface area contributed by atoms with Gasteiger partial charge in [-0.15, -0.1) is 0 Å². The molecule has 1 atom stereocenters. The van der Waals surface area contributed by atoms with Gasteiger partial charge in [0.15, 0.2) is 0 Å². The Labute approximate surface area is 205 Å². The van der Waals surface area contributed by atoms with Crippen LogP contribution in [0.5, 0.6) is 5.75 Å². The number of aryl methyl sites for hydroxylation is 1. The van der Waals surface area contributed by atoms with Crippen LogP contribution in [-0.2, 0) is 16.1 Å². The summed E-state index contributed by atoms with van der Waals surface area (Å²) in [6, 6.07) is 14.2. The lowest BCUT2D eigenvalue weighted by Crippen LogP contribution is -2.31. The number of carbonyl (C=O) groups excluding carboxylic acids is 2. The first-order chi connectivity index (χ1) is 16.9. The van der Waals surface area contributed by atoms with Crippen molar-refractivity contribution in [1.82, 2.24) is 14.5 Å². The van der Waals surface area contributed by atoms with Gasteiger partial charge in [-0.05, 0) is 42.5 Å². The number of aliphatic hydroxyl groups excluding tert-OH is 1. The molecule has 1 fully saturated rings. The summed E-state index contributed by atoms with van der Waals surface area (Å²) in [7, 11) is 0. The molecule has 2 heterocycles. The maximum absolute atomic E-state index is 13.2. The number of benzene rings is 2. The van der Waals surface area contributed by atoms with Crippen LogP contribution in [0.4, 0.5) is 0 Å². The van der Waals surface area contributed by atoms with E-state index in [1.54, 1.807) is 41.7 Å². The fraction of sp³-hybridized carbons (Fsp3) is 0.321. The minimum Gasteiger partial charge on any atom is -0.507 e. The molecule has 0 spiro atoms. The van der Waals surface area contributed by atoms with E-state index in [-0.39, 0.29) is 11.3 Å². The zero-order valence-electron chi connectivity index (χ0n) is 20.3. The molecule has 0 radical (unpaired) electrons. The molecular formula is C28H31N3O4. The lowest BCUT2D eigenvalue weighted by molar-refractivity contribution is -0.139. The van der Waals surface area contributed by atoms with Crippen molar-refractivity contribution in [3.8, 4) is 5.75 Å². The molecule has 0 bridgehead atoms. The number of hydrogen-bond acceptors (Lipinski definition) is 5. The Morgan fingerprint density at radius 2 is 1.89 bits per heavy atom. The number of likely N-dealkylation sites (tertiary alicyclic amines) is 1. The molecular weight excluding hydrogens is 442 g/mol. The second kappa shape index (κ2) is 10.6. The Morgan fingerprint density at radius 1 is 1.11 bits per heavy atom. The van der Waals surface area contributed by atoms with Gasteiger partial charge in [0.2, 0.25) is 0 Å². The number of nitrogens with zero attached hydrogens (tertiary/aromatic N) is 3. The van der Waals surface area contributed by atoms with Crippen molar-refractivity contribution in [2.75, 3.05) is 13.2 Å². The Morgan fingerprint density at radius 3 is 2.54 bits per heavy atom. The van der Waals surface area contributed by atoms with E-state index in [1.165, 1.54) is 0 Å². The fourth-order valence-corrected chi connectivity index (χ4v) is 4.42. The van der Waals surface area contributed by atoms with Crippen molar-refractivity contribution >= 4 is 17.4 Å². The minimum atomic E-state index is -0.676. The predicted molar refractivity (Wildman–Crippen MR) is 134 cm³/mol. The summed E-state index contributed by atoms with van der Waals surface area (Å²) in [5.74, 6) is -0.531. The van der Waals surface area contributed by atoms with Gasteiger partial charge < -0.3 is 19.3 Å². The van der Waals surface area contributed by atoms with Gasteiger partial charge in [0, 0.05) is 31.0 Å². The highest BCUT2D eigenvalue weighted by atomic mass is 16.5. The molecule has 3 aromatic rings. The smallest absolute Gasteiger partial charge is 0.295 e. The minimum absolute atomic E-state index is 0.101. The van der Waals surface area contributed by atoms with E-state index in [2.05, 4.69) is 18.8 Å². The average molecular weight is 474 g/mol. The number of imidazole rings is 1. The summed E-state index contributed by atoms with van der Waals surface area (Å²) in [5.41, 5.74) is 2.49. The fourth-order valence-electron chi connectivity index (χ4n) is 4.42. The van der Waals surface area contributed by atoms with Gasteiger partial charge in [0.25, 0.3) is 11.7 Å². The number of hydrogen-bond donors (Lipinski definition) is 1. The Kier molecular flexibility index (Phi) is 7.34. The highest BCUT2D eigenvalue weighted by Crippen LogP contribution is 2.40. The van der Waals surface area contributed by atoms with Crippen LogP contribution in [0.2, 0.25) is 0 Å². The number of aromatic nitrogens is 2. The molecule has 1 N–H and O–H groups in total. The first kappa shape index (κ1) is 24.3. The van der Waals surface area contributed by atoms with Crippen LogP contribution in [0.25, 0.3) is 5.76 Å². The second-order valence-corrected chi connectivity index (χ2v) is 8.93. The normalized spacial score (nSPS) is 17.4. The maximum atomic E-state index is 13.2. The molecule has 1 aliphatic heterocycles. The lowest BCUT2D eigenvalue weighted by Gasteiger charge is -2.26. The van der Waals surface area contributed by atoms with Crippen molar-refractivity contribution in [3.63, 3.8) is 0 Å². The van der Waals surface area contributed by atoms with Gasteiger partial charge in [-0.25, -0.2) is 4.98 Å². The van der Waals surface area contributed by atoms with Gasteiger partial charge in [0.1, 0.15) is 11.5 Å². The standard InChI is InChI=1S/C28H31N3O4/c1-4-35-23-8-5-7-22(17-23)26(32)24-25(21-11-9-20(10-12-21)19(2)3)31(28(34)27(24)33)15-6-14-30-16-13-29-18-30/h5,7-13,16-19,25,32H,4,6,14-15H2,1-3H3/b26-24+. The lowest BCUT2D eigenvalue weighted by atomic mass is 9.93. The first-order valence-electron chi connectivity index (χ1n) is 12.0. The van der Waals surface area contributed by atoms with E-state index >= 15 is 0 Å². The molecule has 0 aliphatic carbocycles. The Balaban J connectivity index is 1.74. The summed E-state index contributed by atoms with van der Waals surface area (Å²) in [4.78, 5) is 32.0. The summed E-state index contributed by atoms with van der Waals surface area (Å²) < 4.78 is 7.49. The van der Waals surface area contributed by atoms with Crippen molar-refractivity contribution < 1.29 is 19.4 Å². The average Bonchev–Trinajstić information content (AvgIpc) is 3.46. The number of ether oxygens (including phenoxy) is 1. The quantitative estimate of drug-likeness (QED) is 0.271.